The van der Waals surface area contributed by atoms with Crippen molar-refractivity contribution in [2.24, 2.45) is 11.7 Å². The molecule has 0 aromatic heterocycles. The highest BCUT2D eigenvalue weighted by Crippen LogP contribution is 2.29. The molecule has 194 valence electrons. The standard InChI is InChI=1S/C29H39N3O3S/c1-20-8-6-7-11-23(20)25-18-22(19-32(2)17-16-21-9-4-3-5-10-21)12-13-24(25)28(33)31-26(29(34)35)14-15-27(30)36/h6-8,11-13,18,21,26H,3-5,9-10,14-17,19H2,1-2H3,(H2,30,36)(H,31,33)(H,34,35). The lowest BCUT2D eigenvalue weighted by Crippen LogP contribution is -2.41. The van der Waals surface area contributed by atoms with E-state index < -0.39 is 17.9 Å². The Morgan fingerprint density at radius 1 is 1.14 bits per heavy atom. The summed E-state index contributed by atoms with van der Waals surface area (Å²) in [4.78, 5) is 27.6. The van der Waals surface area contributed by atoms with E-state index in [9.17, 15) is 14.7 Å². The predicted octanol–water partition coefficient (Wildman–Crippen LogP) is 5.31. The number of amides is 1. The number of nitrogens with zero attached hydrogens (tertiary/aromatic N) is 1. The maximum Gasteiger partial charge on any atom is 0.326 e. The number of aliphatic carboxylic acids is 1. The number of nitrogens with two attached hydrogens (primary N) is 1. The third-order valence-corrected chi connectivity index (χ3v) is 7.35. The molecule has 2 aromatic carbocycles. The zero-order valence-electron chi connectivity index (χ0n) is 21.5. The highest BCUT2D eigenvalue weighted by atomic mass is 32.1. The smallest absolute Gasteiger partial charge is 0.326 e. The predicted molar refractivity (Wildman–Crippen MR) is 149 cm³/mol. The summed E-state index contributed by atoms with van der Waals surface area (Å²) in [6, 6.07) is 12.7. The molecule has 2 aromatic rings. The summed E-state index contributed by atoms with van der Waals surface area (Å²) in [5.41, 5.74) is 9.95. The fourth-order valence-electron chi connectivity index (χ4n) is 5.04. The van der Waals surface area contributed by atoms with Crippen LogP contribution in [-0.4, -0.2) is 46.5 Å². The van der Waals surface area contributed by atoms with Crippen LogP contribution in [0, 0.1) is 12.8 Å². The molecular weight excluding hydrogens is 470 g/mol. The van der Waals surface area contributed by atoms with E-state index in [0.717, 1.165) is 41.3 Å². The van der Waals surface area contributed by atoms with E-state index in [2.05, 4.69) is 23.3 Å². The molecule has 1 unspecified atom stereocenters. The molecule has 1 saturated carbocycles. The van der Waals surface area contributed by atoms with Crippen LogP contribution in [0.4, 0.5) is 0 Å². The van der Waals surface area contributed by atoms with Gasteiger partial charge in [0.15, 0.2) is 0 Å². The Balaban J connectivity index is 1.80. The number of rotatable bonds is 12. The lowest BCUT2D eigenvalue weighted by Gasteiger charge is -2.25. The second-order valence-corrected chi connectivity index (χ2v) is 10.6. The Labute approximate surface area is 220 Å². The van der Waals surface area contributed by atoms with E-state index >= 15 is 0 Å². The van der Waals surface area contributed by atoms with E-state index in [1.54, 1.807) is 0 Å². The Bertz CT molecular complexity index is 1070. The number of carboxylic acids is 1. The Hall–Kier alpha value is -2.77. The minimum absolute atomic E-state index is 0.153. The Kier molecular flexibility index (Phi) is 10.4. The molecular formula is C29H39N3O3S. The fourth-order valence-corrected chi connectivity index (χ4v) is 5.15. The molecule has 0 heterocycles. The molecule has 0 bridgehead atoms. The van der Waals surface area contributed by atoms with Crippen molar-refractivity contribution in [3.8, 4) is 11.1 Å². The fraction of sp³-hybridized carbons (Fsp3) is 0.483. The number of carboxylic acid groups (broad SMARTS) is 1. The molecule has 0 radical (unpaired) electrons. The first-order chi connectivity index (χ1) is 17.2. The summed E-state index contributed by atoms with van der Waals surface area (Å²) in [7, 11) is 2.15. The summed E-state index contributed by atoms with van der Waals surface area (Å²) in [5, 5.41) is 12.3. The van der Waals surface area contributed by atoms with Crippen molar-refractivity contribution in [2.45, 2.75) is 70.9 Å². The van der Waals surface area contributed by atoms with Gasteiger partial charge >= 0.3 is 5.97 Å². The molecule has 36 heavy (non-hydrogen) atoms. The maximum absolute atomic E-state index is 13.3. The van der Waals surface area contributed by atoms with Crippen LogP contribution < -0.4 is 11.1 Å². The van der Waals surface area contributed by atoms with Crippen molar-refractivity contribution < 1.29 is 14.7 Å². The van der Waals surface area contributed by atoms with E-state index in [0.29, 0.717) is 5.56 Å². The molecule has 0 aliphatic heterocycles. The number of aryl methyl sites for hydroxylation is 1. The van der Waals surface area contributed by atoms with E-state index in [1.807, 2.05) is 43.3 Å². The third kappa shape index (κ3) is 8.14. The average molecular weight is 510 g/mol. The normalized spacial score (nSPS) is 15.0. The number of hydrogen-bond acceptors (Lipinski definition) is 4. The van der Waals surface area contributed by atoms with Gasteiger partial charge in [-0.05, 0) is 73.7 Å². The second kappa shape index (κ2) is 13.5. The van der Waals surface area contributed by atoms with Gasteiger partial charge in [-0.25, -0.2) is 4.79 Å². The van der Waals surface area contributed by atoms with E-state index in [1.165, 1.54) is 38.5 Å². The maximum atomic E-state index is 13.3. The molecule has 7 heteroatoms. The molecule has 4 N–H and O–H groups in total. The summed E-state index contributed by atoms with van der Waals surface area (Å²) < 4.78 is 0. The Morgan fingerprint density at radius 3 is 2.53 bits per heavy atom. The van der Waals surface area contributed by atoms with Crippen LogP contribution in [0.5, 0.6) is 0 Å². The minimum atomic E-state index is -1.10. The first kappa shape index (κ1) is 27.8. The highest BCUT2D eigenvalue weighted by Gasteiger charge is 2.23. The zero-order valence-corrected chi connectivity index (χ0v) is 22.3. The van der Waals surface area contributed by atoms with Crippen molar-refractivity contribution in [1.82, 2.24) is 10.2 Å². The highest BCUT2D eigenvalue weighted by molar-refractivity contribution is 7.80. The molecule has 0 spiro atoms. The zero-order chi connectivity index (χ0) is 26.1. The van der Waals surface area contributed by atoms with Crippen molar-refractivity contribution >= 4 is 29.1 Å². The number of hydrogen-bond donors (Lipinski definition) is 3. The average Bonchev–Trinajstić information content (AvgIpc) is 2.85. The van der Waals surface area contributed by atoms with Gasteiger partial charge in [0.1, 0.15) is 6.04 Å². The van der Waals surface area contributed by atoms with Gasteiger partial charge in [-0.2, -0.15) is 0 Å². The quantitative estimate of drug-likeness (QED) is 0.336. The molecule has 1 fully saturated rings. The molecule has 6 nitrogen and oxygen atoms in total. The van der Waals surface area contributed by atoms with Gasteiger partial charge in [0.25, 0.3) is 5.91 Å². The van der Waals surface area contributed by atoms with E-state index in [4.69, 9.17) is 18.0 Å². The van der Waals surface area contributed by atoms with Crippen molar-refractivity contribution in [2.75, 3.05) is 13.6 Å². The van der Waals surface area contributed by atoms with Gasteiger partial charge in [0.2, 0.25) is 0 Å². The monoisotopic (exact) mass is 509 g/mol. The van der Waals surface area contributed by atoms with Crippen LogP contribution in [0.15, 0.2) is 42.5 Å². The van der Waals surface area contributed by atoms with Crippen LogP contribution in [0.3, 0.4) is 0 Å². The summed E-state index contributed by atoms with van der Waals surface area (Å²) in [6.45, 7) is 3.86. The number of benzene rings is 2. The van der Waals surface area contributed by atoms with Gasteiger partial charge in [0, 0.05) is 18.5 Å². The lowest BCUT2D eigenvalue weighted by molar-refractivity contribution is -0.139. The van der Waals surface area contributed by atoms with Crippen LogP contribution in [0.2, 0.25) is 0 Å². The number of carbonyl (C=O) groups is 2. The molecule has 3 rings (SSSR count). The van der Waals surface area contributed by atoms with Crippen molar-refractivity contribution in [3.63, 3.8) is 0 Å². The summed E-state index contributed by atoms with van der Waals surface area (Å²) in [5.74, 6) is -0.681. The van der Waals surface area contributed by atoms with Crippen molar-refractivity contribution in [3.05, 3.63) is 59.2 Å². The molecule has 1 amide bonds. The van der Waals surface area contributed by atoms with Crippen LogP contribution >= 0.6 is 12.2 Å². The van der Waals surface area contributed by atoms with Gasteiger partial charge in [0.05, 0.1) is 4.99 Å². The first-order valence-electron chi connectivity index (χ1n) is 12.9. The number of nitrogens with one attached hydrogen (secondary N) is 1. The summed E-state index contributed by atoms with van der Waals surface area (Å²) in [6.07, 6.45) is 8.43. The first-order valence-corrected chi connectivity index (χ1v) is 13.3. The van der Waals surface area contributed by atoms with Gasteiger partial charge in [-0.1, -0.05) is 74.7 Å². The second-order valence-electron chi connectivity index (χ2n) is 10.1. The van der Waals surface area contributed by atoms with Crippen LogP contribution in [0.25, 0.3) is 11.1 Å². The minimum Gasteiger partial charge on any atom is -0.480 e. The van der Waals surface area contributed by atoms with E-state index in [-0.39, 0.29) is 17.8 Å². The third-order valence-electron chi connectivity index (χ3n) is 7.14. The molecule has 1 aliphatic rings. The number of carbonyl (C=O) groups excluding carboxylic acids is 1. The molecule has 1 aliphatic carbocycles. The van der Waals surface area contributed by atoms with Gasteiger partial charge in [-0.3, -0.25) is 4.79 Å². The molecule has 1 atom stereocenters. The lowest BCUT2D eigenvalue weighted by atomic mass is 9.87. The topological polar surface area (TPSA) is 95.7 Å². The SMILES string of the molecule is Cc1ccccc1-c1cc(CN(C)CCC2CCCCC2)ccc1C(=O)NC(CCC(N)=S)C(=O)O. The summed E-state index contributed by atoms with van der Waals surface area (Å²) >= 11 is 4.88. The Morgan fingerprint density at radius 2 is 1.86 bits per heavy atom. The van der Waals surface area contributed by atoms with Crippen molar-refractivity contribution in [1.29, 1.82) is 0 Å². The number of thiocarbonyl (C=S) groups is 1. The van der Waals surface area contributed by atoms with Crippen LogP contribution in [0.1, 0.15) is 72.9 Å². The molecule has 0 saturated heterocycles. The largest absolute Gasteiger partial charge is 0.480 e. The van der Waals surface area contributed by atoms with Crippen LogP contribution in [-0.2, 0) is 11.3 Å². The van der Waals surface area contributed by atoms with Gasteiger partial charge < -0.3 is 21.1 Å². The van der Waals surface area contributed by atoms with Gasteiger partial charge in [-0.15, -0.1) is 0 Å².